The zero-order valence-electron chi connectivity index (χ0n) is 8.86. The predicted octanol–water partition coefficient (Wildman–Crippen LogP) is 0.581. The number of hydrogen-bond acceptors (Lipinski definition) is 3. The third-order valence-electron chi connectivity index (χ3n) is 2.05. The monoisotopic (exact) mass is 198 g/mol. The molecule has 0 radical (unpaired) electrons. The zero-order valence-corrected chi connectivity index (χ0v) is 8.86. The molecule has 0 spiro atoms. The molecular weight excluding hydrogens is 180 g/mol. The van der Waals surface area contributed by atoms with Gasteiger partial charge in [-0.15, -0.1) is 0 Å². The van der Waals surface area contributed by atoms with Gasteiger partial charge < -0.3 is 9.64 Å². The van der Waals surface area contributed by atoms with Gasteiger partial charge in [-0.3, -0.25) is 5.41 Å². The van der Waals surface area contributed by atoms with Gasteiger partial charge in [0.25, 0.3) is 0 Å². The average molecular weight is 198 g/mol. The van der Waals surface area contributed by atoms with Crippen molar-refractivity contribution >= 4 is 12.2 Å². The first-order chi connectivity index (χ1) is 6.75. The molecule has 1 aliphatic rings. The van der Waals surface area contributed by atoms with Crippen molar-refractivity contribution in [1.82, 2.24) is 9.91 Å². The van der Waals surface area contributed by atoms with E-state index in [2.05, 4.69) is 5.10 Å². The maximum Gasteiger partial charge on any atom is 0.214 e. The second kappa shape index (κ2) is 5.59. The van der Waals surface area contributed by atoms with Crippen molar-refractivity contribution in [2.75, 3.05) is 33.4 Å². The summed E-state index contributed by atoms with van der Waals surface area (Å²) < 4.78 is 5.22. The van der Waals surface area contributed by atoms with Crippen LogP contribution >= 0.6 is 0 Å². The Bertz CT molecular complexity index is 211. The van der Waals surface area contributed by atoms with Gasteiger partial charge in [0.05, 0.1) is 13.2 Å². The highest BCUT2D eigenvalue weighted by Gasteiger charge is 2.16. The lowest BCUT2D eigenvalue weighted by Gasteiger charge is -2.31. The van der Waals surface area contributed by atoms with E-state index in [1.165, 1.54) is 0 Å². The Hall–Kier alpha value is -1.10. The fourth-order valence-corrected chi connectivity index (χ4v) is 1.24. The van der Waals surface area contributed by atoms with E-state index in [1.807, 2.05) is 11.8 Å². The van der Waals surface area contributed by atoms with E-state index in [1.54, 1.807) is 18.3 Å². The van der Waals surface area contributed by atoms with Gasteiger partial charge >= 0.3 is 0 Å². The summed E-state index contributed by atoms with van der Waals surface area (Å²) >= 11 is 0. The second-order valence-corrected chi connectivity index (χ2v) is 3.15. The van der Waals surface area contributed by atoms with Crippen LogP contribution in [0.3, 0.4) is 0 Å². The van der Waals surface area contributed by atoms with E-state index in [4.69, 9.17) is 10.1 Å². The first kappa shape index (κ1) is 11.0. The van der Waals surface area contributed by atoms with E-state index >= 15 is 0 Å². The SMILES string of the molecule is CC/C=N/N(C)C(=N)N1CCOCC1. The molecule has 80 valence electrons. The molecule has 0 bridgehead atoms. The molecule has 14 heavy (non-hydrogen) atoms. The minimum Gasteiger partial charge on any atom is -0.378 e. The van der Waals surface area contributed by atoms with E-state index < -0.39 is 0 Å². The molecule has 1 N–H and O–H groups in total. The van der Waals surface area contributed by atoms with Crippen LogP contribution in [0.1, 0.15) is 13.3 Å². The number of nitrogens with zero attached hydrogens (tertiary/aromatic N) is 3. The van der Waals surface area contributed by atoms with Crippen LogP contribution in [0.2, 0.25) is 0 Å². The molecule has 0 atom stereocenters. The topological polar surface area (TPSA) is 51.9 Å². The van der Waals surface area contributed by atoms with Crippen molar-refractivity contribution in [3.05, 3.63) is 0 Å². The first-order valence-electron chi connectivity index (χ1n) is 4.93. The lowest BCUT2D eigenvalue weighted by atomic mass is 10.4. The highest BCUT2D eigenvalue weighted by molar-refractivity contribution is 5.77. The molecule has 5 heteroatoms. The number of hydrazone groups is 1. The smallest absolute Gasteiger partial charge is 0.214 e. The molecule has 0 saturated carbocycles. The van der Waals surface area contributed by atoms with Gasteiger partial charge in [0.1, 0.15) is 0 Å². The Morgan fingerprint density at radius 3 is 2.79 bits per heavy atom. The normalized spacial score (nSPS) is 17.4. The molecule has 0 aromatic heterocycles. The minimum absolute atomic E-state index is 0.443. The largest absolute Gasteiger partial charge is 0.378 e. The lowest BCUT2D eigenvalue weighted by molar-refractivity contribution is 0.0627. The summed E-state index contributed by atoms with van der Waals surface area (Å²) in [5.41, 5.74) is 0. The molecule has 1 rings (SSSR count). The van der Waals surface area contributed by atoms with E-state index in [-0.39, 0.29) is 0 Å². The third kappa shape index (κ3) is 2.99. The fourth-order valence-electron chi connectivity index (χ4n) is 1.24. The van der Waals surface area contributed by atoms with Crippen LogP contribution in [0.4, 0.5) is 0 Å². The lowest BCUT2D eigenvalue weighted by Crippen LogP contribution is -2.45. The summed E-state index contributed by atoms with van der Waals surface area (Å²) in [6, 6.07) is 0. The van der Waals surface area contributed by atoms with Crippen LogP contribution in [0.5, 0.6) is 0 Å². The average Bonchev–Trinajstić information content (AvgIpc) is 2.26. The van der Waals surface area contributed by atoms with Crippen molar-refractivity contribution in [1.29, 1.82) is 5.41 Å². The van der Waals surface area contributed by atoms with Crippen LogP contribution in [0.15, 0.2) is 5.10 Å². The van der Waals surface area contributed by atoms with Crippen molar-refractivity contribution in [2.24, 2.45) is 5.10 Å². The van der Waals surface area contributed by atoms with E-state index in [9.17, 15) is 0 Å². The maximum atomic E-state index is 7.85. The quantitative estimate of drug-likeness (QED) is 0.401. The Balaban J connectivity index is 2.42. The molecule has 1 saturated heterocycles. The van der Waals surface area contributed by atoms with Gasteiger partial charge in [0.2, 0.25) is 5.96 Å². The van der Waals surface area contributed by atoms with Crippen LogP contribution in [0.25, 0.3) is 0 Å². The van der Waals surface area contributed by atoms with Gasteiger partial charge in [-0.1, -0.05) is 6.92 Å². The van der Waals surface area contributed by atoms with Gasteiger partial charge in [-0.25, -0.2) is 5.01 Å². The first-order valence-corrected chi connectivity index (χ1v) is 4.93. The van der Waals surface area contributed by atoms with Crippen molar-refractivity contribution in [3.8, 4) is 0 Å². The molecule has 1 aliphatic heterocycles. The summed E-state index contributed by atoms with van der Waals surface area (Å²) in [5.74, 6) is 0.443. The van der Waals surface area contributed by atoms with E-state index in [0.717, 1.165) is 19.5 Å². The molecule has 0 aromatic rings. The Kier molecular flexibility index (Phi) is 4.39. The van der Waals surface area contributed by atoms with Crippen molar-refractivity contribution in [2.45, 2.75) is 13.3 Å². The number of hydrogen-bond donors (Lipinski definition) is 1. The van der Waals surface area contributed by atoms with Gasteiger partial charge in [0, 0.05) is 26.4 Å². The molecule has 0 aliphatic carbocycles. The Labute approximate surface area is 84.8 Å². The summed E-state index contributed by atoms with van der Waals surface area (Å²) in [5, 5.41) is 13.6. The number of morpholine rings is 1. The zero-order chi connectivity index (χ0) is 10.4. The van der Waals surface area contributed by atoms with Crippen molar-refractivity contribution < 1.29 is 4.74 Å². The van der Waals surface area contributed by atoms with Crippen LogP contribution < -0.4 is 0 Å². The molecule has 0 amide bonds. The molecule has 0 unspecified atom stereocenters. The molecule has 0 aromatic carbocycles. The number of ether oxygens (including phenoxy) is 1. The molecule has 1 fully saturated rings. The summed E-state index contributed by atoms with van der Waals surface area (Å²) in [4.78, 5) is 1.97. The van der Waals surface area contributed by atoms with E-state index in [0.29, 0.717) is 19.2 Å². The Morgan fingerprint density at radius 1 is 1.57 bits per heavy atom. The predicted molar refractivity (Wildman–Crippen MR) is 56.7 cm³/mol. The van der Waals surface area contributed by atoms with Gasteiger partial charge in [-0.2, -0.15) is 5.10 Å². The summed E-state index contributed by atoms with van der Waals surface area (Å²) in [7, 11) is 1.80. The number of guanidine groups is 1. The highest BCUT2D eigenvalue weighted by Crippen LogP contribution is 2.00. The minimum atomic E-state index is 0.443. The van der Waals surface area contributed by atoms with Crippen LogP contribution in [-0.2, 0) is 4.74 Å². The maximum absolute atomic E-state index is 7.85. The molecule has 5 nitrogen and oxygen atoms in total. The second-order valence-electron chi connectivity index (χ2n) is 3.15. The number of rotatable bonds is 2. The summed E-state index contributed by atoms with van der Waals surface area (Å²) in [6.45, 7) is 4.99. The number of nitrogens with one attached hydrogen (secondary N) is 1. The van der Waals surface area contributed by atoms with Crippen LogP contribution in [-0.4, -0.2) is 55.4 Å². The van der Waals surface area contributed by atoms with Crippen LogP contribution in [0, 0.1) is 5.41 Å². The molecule has 1 heterocycles. The van der Waals surface area contributed by atoms with Gasteiger partial charge in [0.15, 0.2) is 0 Å². The Morgan fingerprint density at radius 2 is 2.21 bits per heavy atom. The van der Waals surface area contributed by atoms with Crippen molar-refractivity contribution in [3.63, 3.8) is 0 Å². The molecular formula is C9H18N4O. The standard InChI is InChI=1S/C9H18N4O/c1-3-4-11-12(2)9(10)13-5-7-14-8-6-13/h4,10H,3,5-8H2,1-2H3/b10-9?,11-4+. The third-order valence-corrected chi connectivity index (χ3v) is 2.05. The summed E-state index contributed by atoms with van der Waals surface area (Å²) in [6.07, 6.45) is 2.69. The fraction of sp³-hybridized carbons (Fsp3) is 0.778. The highest BCUT2D eigenvalue weighted by atomic mass is 16.5. The van der Waals surface area contributed by atoms with Gasteiger partial charge in [-0.05, 0) is 6.42 Å².